The third-order valence-corrected chi connectivity index (χ3v) is 3.64. The van der Waals surface area contributed by atoms with Crippen molar-refractivity contribution in [3.8, 4) is 12.3 Å². The van der Waals surface area contributed by atoms with E-state index < -0.39 is 11.9 Å². The van der Waals surface area contributed by atoms with Crippen molar-refractivity contribution in [1.29, 1.82) is 0 Å². The number of carboxylic acids is 1. The second-order valence-corrected chi connectivity index (χ2v) is 4.90. The second kappa shape index (κ2) is 4.88. The molecule has 1 N–H and O–H groups in total. The maximum atomic E-state index is 11.2. The van der Waals surface area contributed by atoms with E-state index in [0.29, 0.717) is 26.1 Å². The highest BCUT2D eigenvalue weighted by Gasteiger charge is 2.61. The fourth-order valence-electron chi connectivity index (χ4n) is 2.68. The molecular formula is C13H18O5. The zero-order chi connectivity index (χ0) is 13.2. The van der Waals surface area contributed by atoms with E-state index in [4.69, 9.17) is 25.7 Å². The van der Waals surface area contributed by atoms with Gasteiger partial charge < -0.3 is 19.3 Å². The van der Waals surface area contributed by atoms with Gasteiger partial charge in [-0.25, -0.2) is 4.79 Å². The predicted molar refractivity (Wildman–Crippen MR) is 62.6 cm³/mol. The minimum atomic E-state index is -1.92. The zero-order valence-corrected chi connectivity index (χ0v) is 10.5. The number of rotatable bonds is 5. The number of carbonyl (C=O) groups is 1. The standard InChI is InChI=1S/C13H18O5/c1-3-5-6-10-12(7-4-2)8-16-13(18-10,11(14)15)17-9-12/h1,10H,4-9H2,2H3,(H,14,15). The van der Waals surface area contributed by atoms with E-state index in [2.05, 4.69) is 12.8 Å². The Labute approximate surface area is 106 Å². The molecule has 0 aromatic heterocycles. The van der Waals surface area contributed by atoms with Gasteiger partial charge in [-0.1, -0.05) is 13.3 Å². The fourth-order valence-corrected chi connectivity index (χ4v) is 2.68. The molecule has 100 valence electrons. The van der Waals surface area contributed by atoms with Crippen molar-refractivity contribution in [3.63, 3.8) is 0 Å². The SMILES string of the molecule is C#CCCC1OC2(C(=O)O)OCC1(CCC)CO2. The van der Waals surface area contributed by atoms with Gasteiger partial charge in [0.05, 0.1) is 19.3 Å². The van der Waals surface area contributed by atoms with Gasteiger partial charge >= 0.3 is 11.9 Å². The van der Waals surface area contributed by atoms with Crippen LogP contribution >= 0.6 is 0 Å². The van der Waals surface area contributed by atoms with Crippen LogP contribution in [0.25, 0.3) is 0 Å². The molecule has 0 radical (unpaired) electrons. The number of carboxylic acid groups (broad SMARTS) is 1. The molecule has 18 heavy (non-hydrogen) atoms. The van der Waals surface area contributed by atoms with Gasteiger partial charge in [0.1, 0.15) is 0 Å². The number of hydrogen-bond acceptors (Lipinski definition) is 4. The summed E-state index contributed by atoms with van der Waals surface area (Å²) < 4.78 is 16.1. The number of ether oxygens (including phenoxy) is 3. The van der Waals surface area contributed by atoms with E-state index in [1.54, 1.807) is 0 Å². The van der Waals surface area contributed by atoms with Gasteiger partial charge in [-0.2, -0.15) is 0 Å². The monoisotopic (exact) mass is 254 g/mol. The lowest BCUT2D eigenvalue weighted by Gasteiger charge is -2.54. The normalized spacial score (nSPS) is 38.3. The minimum absolute atomic E-state index is 0.216. The number of hydrogen-bond donors (Lipinski definition) is 1. The van der Waals surface area contributed by atoms with Crippen molar-refractivity contribution in [2.45, 2.75) is 44.7 Å². The summed E-state index contributed by atoms with van der Waals surface area (Å²) in [5.74, 6) is -0.593. The van der Waals surface area contributed by atoms with Crippen molar-refractivity contribution >= 4 is 5.97 Å². The third-order valence-electron chi connectivity index (χ3n) is 3.64. The first kappa shape index (κ1) is 13.3. The molecule has 3 heterocycles. The molecule has 2 bridgehead atoms. The van der Waals surface area contributed by atoms with Crippen LogP contribution < -0.4 is 0 Å². The van der Waals surface area contributed by atoms with Gasteiger partial charge in [-0.05, 0) is 12.8 Å². The van der Waals surface area contributed by atoms with Gasteiger partial charge in [0.15, 0.2) is 0 Å². The highest BCUT2D eigenvalue weighted by Crippen LogP contribution is 2.47. The van der Waals surface area contributed by atoms with Crippen LogP contribution in [0, 0.1) is 17.8 Å². The zero-order valence-electron chi connectivity index (χ0n) is 10.5. The molecule has 5 nitrogen and oxygen atoms in total. The van der Waals surface area contributed by atoms with Crippen molar-refractivity contribution in [2.75, 3.05) is 13.2 Å². The van der Waals surface area contributed by atoms with E-state index in [-0.39, 0.29) is 11.5 Å². The summed E-state index contributed by atoms with van der Waals surface area (Å²) in [5, 5.41) is 9.16. The van der Waals surface area contributed by atoms with Gasteiger partial charge in [-0.15, -0.1) is 12.3 Å². The fraction of sp³-hybridized carbons (Fsp3) is 0.769. The van der Waals surface area contributed by atoms with Crippen LogP contribution in [0.2, 0.25) is 0 Å². The summed E-state index contributed by atoms with van der Waals surface area (Å²) in [6, 6.07) is 0. The third kappa shape index (κ3) is 2.01. The molecule has 0 aromatic rings. The molecule has 3 fully saturated rings. The Morgan fingerprint density at radius 1 is 1.50 bits per heavy atom. The quantitative estimate of drug-likeness (QED) is 0.751. The summed E-state index contributed by atoms with van der Waals surface area (Å²) in [6.45, 7) is 2.77. The largest absolute Gasteiger partial charge is 0.475 e. The molecule has 3 rings (SSSR count). The van der Waals surface area contributed by atoms with Crippen LogP contribution in [0.3, 0.4) is 0 Å². The Bertz CT molecular complexity index is 362. The topological polar surface area (TPSA) is 65.0 Å². The highest BCUT2D eigenvalue weighted by atomic mass is 16.9. The first-order valence-electron chi connectivity index (χ1n) is 6.21. The molecule has 0 saturated carbocycles. The van der Waals surface area contributed by atoms with E-state index in [9.17, 15) is 4.79 Å². The van der Waals surface area contributed by atoms with E-state index in [1.165, 1.54) is 0 Å². The van der Waals surface area contributed by atoms with Crippen LogP contribution in [-0.2, 0) is 19.0 Å². The minimum Gasteiger partial charge on any atom is -0.475 e. The summed E-state index contributed by atoms with van der Waals surface area (Å²) >= 11 is 0. The van der Waals surface area contributed by atoms with Gasteiger partial charge in [0, 0.05) is 11.8 Å². The van der Waals surface area contributed by atoms with Gasteiger partial charge in [0.25, 0.3) is 0 Å². The van der Waals surface area contributed by atoms with Crippen LogP contribution in [0.15, 0.2) is 0 Å². The van der Waals surface area contributed by atoms with Crippen LogP contribution in [0.5, 0.6) is 0 Å². The molecule has 0 aliphatic carbocycles. The molecular weight excluding hydrogens is 236 g/mol. The molecule has 3 aliphatic rings. The first-order chi connectivity index (χ1) is 8.58. The van der Waals surface area contributed by atoms with E-state index in [1.807, 2.05) is 0 Å². The van der Waals surface area contributed by atoms with Crippen LogP contribution in [-0.4, -0.2) is 36.4 Å². The number of fused-ring (bicyclic) bond motifs is 3. The summed E-state index contributed by atoms with van der Waals surface area (Å²) in [5.41, 5.74) is -0.261. The van der Waals surface area contributed by atoms with E-state index >= 15 is 0 Å². The lowest BCUT2D eigenvalue weighted by Crippen LogP contribution is -2.67. The smallest absolute Gasteiger partial charge is 0.395 e. The lowest BCUT2D eigenvalue weighted by molar-refractivity contribution is -0.470. The average molecular weight is 254 g/mol. The van der Waals surface area contributed by atoms with E-state index in [0.717, 1.165) is 12.8 Å². The molecule has 3 saturated heterocycles. The Kier molecular flexibility index (Phi) is 3.62. The average Bonchev–Trinajstić information content (AvgIpc) is 2.38. The Balaban J connectivity index is 2.19. The van der Waals surface area contributed by atoms with Gasteiger partial charge in [0.2, 0.25) is 0 Å². The van der Waals surface area contributed by atoms with Crippen molar-refractivity contribution in [2.24, 2.45) is 5.41 Å². The maximum Gasteiger partial charge on any atom is 0.395 e. The predicted octanol–water partition coefficient (Wildman–Crippen LogP) is 1.37. The Hall–Kier alpha value is -1.09. The summed E-state index contributed by atoms with van der Waals surface area (Å²) in [4.78, 5) is 11.2. The Morgan fingerprint density at radius 2 is 2.17 bits per heavy atom. The van der Waals surface area contributed by atoms with Crippen LogP contribution in [0.1, 0.15) is 32.6 Å². The molecule has 1 unspecified atom stereocenters. The number of aliphatic carboxylic acids is 1. The maximum absolute atomic E-state index is 11.2. The summed E-state index contributed by atoms with van der Waals surface area (Å²) in [7, 11) is 0. The molecule has 0 spiro atoms. The Morgan fingerprint density at radius 3 is 2.67 bits per heavy atom. The van der Waals surface area contributed by atoms with Crippen molar-refractivity contribution in [3.05, 3.63) is 0 Å². The summed E-state index contributed by atoms with van der Waals surface area (Å²) in [6.07, 6.45) is 8.09. The lowest BCUT2D eigenvalue weighted by atomic mass is 9.76. The molecule has 0 amide bonds. The molecule has 5 heteroatoms. The van der Waals surface area contributed by atoms with Crippen molar-refractivity contribution in [1.82, 2.24) is 0 Å². The first-order valence-corrected chi connectivity index (χ1v) is 6.21. The molecule has 1 atom stereocenters. The molecule has 3 aliphatic heterocycles. The molecule has 0 aromatic carbocycles. The highest BCUT2D eigenvalue weighted by molar-refractivity contribution is 5.74. The van der Waals surface area contributed by atoms with Gasteiger partial charge in [-0.3, -0.25) is 0 Å². The van der Waals surface area contributed by atoms with Crippen LogP contribution in [0.4, 0.5) is 0 Å². The van der Waals surface area contributed by atoms with Crippen molar-refractivity contribution < 1.29 is 24.1 Å². The second-order valence-electron chi connectivity index (χ2n) is 4.90. The number of terminal acetylenes is 1.